The maximum Gasteiger partial charge on any atom is 0.160 e. The van der Waals surface area contributed by atoms with Crippen LogP contribution in [0.4, 0.5) is 0 Å². The van der Waals surface area contributed by atoms with Gasteiger partial charge in [-0.2, -0.15) is 5.10 Å². The summed E-state index contributed by atoms with van der Waals surface area (Å²) in [6.45, 7) is 7.85. The minimum absolute atomic E-state index is 0.477. The van der Waals surface area contributed by atoms with Crippen LogP contribution in [-0.2, 0) is 9.47 Å². The molecule has 1 heterocycles. The fourth-order valence-electron chi connectivity index (χ4n) is 2.23. The largest absolute Gasteiger partial charge is 0.493 e. The van der Waals surface area contributed by atoms with Gasteiger partial charge in [-0.3, -0.25) is 5.10 Å². The number of allylic oxidation sites excluding steroid dienone is 3. The van der Waals surface area contributed by atoms with Gasteiger partial charge >= 0.3 is 0 Å². The normalized spacial score (nSPS) is 12.2. The summed E-state index contributed by atoms with van der Waals surface area (Å²) >= 11 is 0. The highest BCUT2D eigenvalue weighted by Gasteiger charge is 2.09. The number of hydrogen-bond donors (Lipinski definition) is 1. The van der Waals surface area contributed by atoms with E-state index in [0.717, 1.165) is 22.5 Å². The van der Waals surface area contributed by atoms with Crippen LogP contribution in [-0.4, -0.2) is 24.4 Å². The van der Waals surface area contributed by atoms with Gasteiger partial charge in [0.05, 0.1) is 25.6 Å². The van der Waals surface area contributed by atoms with Crippen LogP contribution < -0.4 is 0 Å². The third-order valence-corrected chi connectivity index (χ3v) is 3.54. The second-order valence-corrected chi connectivity index (χ2v) is 5.12. The Kier molecular flexibility index (Phi) is 5.41. The quantitative estimate of drug-likeness (QED) is 0.632. The van der Waals surface area contributed by atoms with E-state index in [1.165, 1.54) is 5.56 Å². The maximum atomic E-state index is 5.33. The molecule has 0 amide bonds. The first-order valence-corrected chi connectivity index (χ1v) is 7.37. The lowest BCUT2D eigenvalue weighted by molar-refractivity contribution is 0.222. The van der Waals surface area contributed by atoms with Gasteiger partial charge in [0, 0.05) is 5.56 Å². The summed E-state index contributed by atoms with van der Waals surface area (Å²) in [6.07, 6.45) is 3.86. The SMILES string of the molecule is C=C(OC)/C(=C\C(=C/C)c1cc(-c2cccc(C)c2)n[nH]1)OC. The molecule has 0 aliphatic rings. The fourth-order valence-corrected chi connectivity index (χ4v) is 2.23. The van der Waals surface area contributed by atoms with E-state index in [2.05, 4.69) is 35.8 Å². The standard InChI is InChI=1S/C19H22N2O2/c1-6-15(11-19(23-5)14(3)22-4)17-12-18(21-20-17)16-9-7-8-13(2)10-16/h6-12H,3H2,1-2,4-5H3,(H,20,21)/b15-6+,19-11+. The summed E-state index contributed by atoms with van der Waals surface area (Å²) in [6, 6.07) is 10.3. The number of aromatic nitrogens is 2. The summed E-state index contributed by atoms with van der Waals surface area (Å²) in [5.41, 5.74) is 5.05. The van der Waals surface area contributed by atoms with Crippen LogP contribution in [0, 0.1) is 6.92 Å². The van der Waals surface area contributed by atoms with Gasteiger partial charge in [0.1, 0.15) is 0 Å². The fraction of sp³-hybridized carbons (Fsp3) is 0.211. The first-order chi connectivity index (χ1) is 11.1. The Morgan fingerprint density at radius 3 is 2.61 bits per heavy atom. The van der Waals surface area contributed by atoms with Crippen LogP contribution in [0.2, 0.25) is 0 Å². The summed E-state index contributed by atoms with van der Waals surface area (Å²) in [5, 5.41) is 7.48. The van der Waals surface area contributed by atoms with Crippen molar-refractivity contribution < 1.29 is 9.47 Å². The molecule has 0 atom stereocenters. The predicted molar refractivity (Wildman–Crippen MR) is 93.7 cm³/mol. The van der Waals surface area contributed by atoms with Crippen molar-refractivity contribution >= 4 is 5.57 Å². The molecule has 2 aromatic rings. The zero-order valence-electron chi connectivity index (χ0n) is 14.0. The van der Waals surface area contributed by atoms with Crippen LogP contribution >= 0.6 is 0 Å². The lowest BCUT2D eigenvalue weighted by Gasteiger charge is -2.08. The summed E-state index contributed by atoms with van der Waals surface area (Å²) < 4.78 is 10.5. The lowest BCUT2D eigenvalue weighted by atomic mass is 10.1. The molecule has 0 unspecified atom stereocenters. The van der Waals surface area contributed by atoms with Gasteiger partial charge in [-0.25, -0.2) is 0 Å². The molecule has 23 heavy (non-hydrogen) atoms. The topological polar surface area (TPSA) is 47.1 Å². The molecule has 1 aromatic heterocycles. The van der Waals surface area contributed by atoms with Gasteiger partial charge in [0.25, 0.3) is 0 Å². The van der Waals surface area contributed by atoms with E-state index in [-0.39, 0.29) is 0 Å². The number of ether oxygens (including phenoxy) is 2. The lowest BCUT2D eigenvalue weighted by Crippen LogP contribution is -1.95. The number of aryl methyl sites for hydroxylation is 1. The number of hydrogen-bond acceptors (Lipinski definition) is 3. The molecule has 1 N–H and O–H groups in total. The number of benzene rings is 1. The molecule has 0 aliphatic carbocycles. The molecule has 120 valence electrons. The molecule has 0 radical (unpaired) electrons. The van der Waals surface area contributed by atoms with E-state index in [4.69, 9.17) is 9.47 Å². The van der Waals surface area contributed by atoms with E-state index < -0.39 is 0 Å². The molecule has 1 aromatic carbocycles. The van der Waals surface area contributed by atoms with Gasteiger partial charge in [0.15, 0.2) is 11.5 Å². The first-order valence-electron chi connectivity index (χ1n) is 7.37. The van der Waals surface area contributed by atoms with Crippen LogP contribution in [0.5, 0.6) is 0 Å². The van der Waals surface area contributed by atoms with Crippen LogP contribution in [0.1, 0.15) is 18.2 Å². The average Bonchev–Trinajstić information content (AvgIpc) is 3.05. The second kappa shape index (κ2) is 7.49. The first kappa shape index (κ1) is 16.6. The molecule has 0 spiro atoms. The Hall–Kier alpha value is -2.75. The van der Waals surface area contributed by atoms with Gasteiger partial charge in [-0.15, -0.1) is 0 Å². The predicted octanol–water partition coefficient (Wildman–Crippen LogP) is 4.48. The minimum atomic E-state index is 0.477. The van der Waals surface area contributed by atoms with Gasteiger partial charge < -0.3 is 9.47 Å². The number of nitrogens with zero attached hydrogens (tertiary/aromatic N) is 1. The van der Waals surface area contributed by atoms with Crippen molar-refractivity contribution in [3.05, 3.63) is 71.8 Å². The Balaban J connectivity index is 2.34. The molecular formula is C19H22N2O2. The van der Waals surface area contributed by atoms with Gasteiger partial charge in [-0.1, -0.05) is 36.4 Å². The van der Waals surface area contributed by atoms with Crippen molar-refractivity contribution in [1.29, 1.82) is 0 Å². The Morgan fingerprint density at radius 1 is 1.22 bits per heavy atom. The Bertz CT molecular complexity index is 754. The Morgan fingerprint density at radius 2 is 2.00 bits per heavy atom. The molecule has 2 rings (SSSR count). The third-order valence-electron chi connectivity index (χ3n) is 3.54. The highest BCUT2D eigenvalue weighted by atomic mass is 16.5. The van der Waals surface area contributed by atoms with Crippen molar-refractivity contribution in [3.8, 4) is 11.3 Å². The zero-order valence-corrected chi connectivity index (χ0v) is 14.0. The summed E-state index contributed by atoms with van der Waals surface area (Å²) in [5.74, 6) is 1.05. The molecule has 0 saturated heterocycles. The van der Waals surface area contributed by atoms with E-state index >= 15 is 0 Å². The highest BCUT2D eigenvalue weighted by molar-refractivity contribution is 5.75. The molecule has 0 fully saturated rings. The molecule has 0 saturated carbocycles. The van der Waals surface area contributed by atoms with Crippen molar-refractivity contribution in [2.75, 3.05) is 14.2 Å². The number of H-pyrrole nitrogens is 1. The maximum absolute atomic E-state index is 5.33. The van der Waals surface area contributed by atoms with E-state index in [1.807, 2.05) is 37.3 Å². The van der Waals surface area contributed by atoms with E-state index in [0.29, 0.717) is 11.5 Å². The number of nitrogens with one attached hydrogen (secondary N) is 1. The zero-order chi connectivity index (χ0) is 16.8. The third kappa shape index (κ3) is 3.92. The van der Waals surface area contributed by atoms with Crippen LogP contribution in [0.15, 0.2) is 60.6 Å². The molecule has 0 aliphatic heterocycles. The van der Waals surface area contributed by atoms with Crippen molar-refractivity contribution in [1.82, 2.24) is 10.2 Å². The summed E-state index contributed by atoms with van der Waals surface area (Å²) in [7, 11) is 3.16. The molecule has 4 nitrogen and oxygen atoms in total. The average molecular weight is 310 g/mol. The molecule has 0 bridgehead atoms. The number of aromatic amines is 1. The van der Waals surface area contributed by atoms with Gasteiger partial charge in [-0.05, 0) is 37.6 Å². The van der Waals surface area contributed by atoms with Gasteiger partial charge in [0.2, 0.25) is 0 Å². The smallest absolute Gasteiger partial charge is 0.160 e. The Labute approximate surface area is 137 Å². The van der Waals surface area contributed by atoms with E-state index in [1.54, 1.807) is 14.2 Å². The minimum Gasteiger partial charge on any atom is -0.493 e. The second-order valence-electron chi connectivity index (χ2n) is 5.12. The highest BCUT2D eigenvalue weighted by Crippen LogP contribution is 2.24. The monoisotopic (exact) mass is 310 g/mol. The van der Waals surface area contributed by atoms with Crippen LogP contribution in [0.25, 0.3) is 16.8 Å². The molecule has 4 heteroatoms. The van der Waals surface area contributed by atoms with Crippen LogP contribution in [0.3, 0.4) is 0 Å². The van der Waals surface area contributed by atoms with Crippen molar-refractivity contribution in [3.63, 3.8) is 0 Å². The number of rotatable bonds is 6. The van der Waals surface area contributed by atoms with E-state index in [9.17, 15) is 0 Å². The number of methoxy groups -OCH3 is 2. The van der Waals surface area contributed by atoms with Crippen molar-refractivity contribution in [2.24, 2.45) is 0 Å². The summed E-state index contributed by atoms with van der Waals surface area (Å²) in [4.78, 5) is 0. The van der Waals surface area contributed by atoms with Crippen molar-refractivity contribution in [2.45, 2.75) is 13.8 Å². The molecular weight excluding hydrogens is 288 g/mol.